The molecule has 2 N–H and O–H groups in total. The Hall–Kier alpha value is -2.37. The summed E-state index contributed by atoms with van der Waals surface area (Å²) in [6.07, 6.45) is 2.66. The number of methoxy groups -OCH3 is 1. The number of hydrogen-bond donors (Lipinski definition) is 2. The third-order valence-corrected chi connectivity index (χ3v) is 3.76. The van der Waals surface area contributed by atoms with Gasteiger partial charge in [-0.05, 0) is 42.7 Å². The van der Waals surface area contributed by atoms with Gasteiger partial charge in [0.2, 0.25) is 5.91 Å². The van der Waals surface area contributed by atoms with Crippen molar-refractivity contribution in [2.45, 2.75) is 31.8 Å². The largest absolute Gasteiger partial charge is 0.457 e. The van der Waals surface area contributed by atoms with Gasteiger partial charge in [-0.1, -0.05) is 36.8 Å². The fourth-order valence-electron chi connectivity index (χ4n) is 2.47. The van der Waals surface area contributed by atoms with Crippen LogP contribution in [0.2, 0.25) is 0 Å². The van der Waals surface area contributed by atoms with Gasteiger partial charge < -0.3 is 9.47 Å². The van der Waals surface area contributed by atoms with Crippen LogP contribution in [0.15, 0.2) is 54.6 Å². The molecule has 128 valence electrons. The Morgan fingerprint density at radius 1 is 1.04 bits per heavy atom. The van der Waals surface area contributed by atoms with Crippen molar-refractivity contribution in [3.63, 3.8) is 0 Å². The predicted molar refractivity (Wildman–Crippen MR) is 91.1 cm³/mol. The van der Waals surface area contributed by atoms with Crippen molar-refractivity contribution in [1.82, 2.24) is 5.48 Å². The van der Waals surface area contributed by atoms with Gasteiger partial charge in [0.25, 0.3) is 0 Å². The fraction of sp³-hybridized carbons (Fsp3) is 0.316. The minimum absolute atomic E-state index is 0.0204. The van der Waals surface area contributed by atoms with Crippen LogP contribution in [0.1, 0.15) is 37.4 Å². The number of benzene rings is 2. The summed E-state index contributed by atoms with van der Waals surface area (Å²) < 4.78 is 11.3. The Kier molecular flexibility index (Phi) is 7.26. The Labute approximate surface area is 142 Å². The van der Waals surface area contributed by atoms with Crippen LogP contribution in [0.5, 0.6) is 11.5 Å². The Bertz CT molecular complexity index is 613. The molecule has 0 spiro atoms. The number of carbonyl (C=O) groups excluding carboxylic acids is 1. The molecule has 0 saturated carbocycles. The Balaban J connectivity index is 1.86. The molecule has 0 aliphatic heterocycles. The number of unbranched alkanes of at least 4 members (excludes halogenated alkanes) is 1. The summed E-state index contributed by atoms with van der Waals surface area (Å²) >= 11 is 0. The van der Waals surface area contributed by atoms with Crippen LogP contribution >= 0.6 is 0 Å². The zero-order valence-corrected chi connectivity index (χ0v) is 13.8. The molecule has 0 aromatic heterocycles. The molecule has 2 aromatic carbocycles. The lowest BCUT2D eigenvalue weighted by Crippen LogP contribution is -2.17. The molecule has 24 heavy (non-hydrogen) atoms. The number of ether oxygens (including phenoxy) is 2. The van der Waals surface area contributed by atoms with Gasteiger partial charge in [0.15, 0.2) is 0 Å². The van der Waals surface area contributed by atoms with E-state index in [1.165, 1.54) is 0 Å². The monoisotopic (exact) mass is 329 g/mol. The van der Waals surface area contributed by atoms with Gasteiger partial charge in [-0.2, -0.15) is 0 Å². The van der Waals surface area contributed by atoms with E-state index >= 15 is 0 Å². The maximum Gasteiger partial charge on any atom is 0.243 e. The van der Waals surface area contributed by atoms with Crippen molar-refractivity contribution in [3.8, 4) is 11.5 Å². The number of hydroxylamine groups is 1. The van der Waals surface area contributed by atoms with Gasteiger partial charge in [0.1, 0.15) is 11.5 Å². The number of carbonyl (C=O) groups is 1. The third-order valence-electron chi connectivity index (χ3n) is 3.76. The summed E-state index contributed by atoms with van der Waals surface area (Å²) in [7, 11) is 1.68. The molecule has 0 fully saturated rings. The average Bonchev–Trinajstić information content (AvgIpc) is 2.63. The van der Waals surface area contributed by atoms with Gasteiger partial charge in [-0.3, -0.25) is 10.0 Å². The van der Waals surface area contributed by atoms with Crippen molar-refractivity contribution < 1.29 is 19.5 Å². The molecule has 2 rings (SSSR count). The first-order valence-corrected chi connectivity index (χ1v) is 8.01. The second kappa shape index (κ2) is 9.70. The summed E-state index contributed by atoms with van der Waals surface area (Å²) in [5.41, 5.74) is 2.71. The first kappa shape index (κ1) is 18.0. The van der Waals surface area contributed by atoms with E-state index in [2.05, 4.69) is 0 Å². The van der Waals surface area contributed by atoms with Crippen LogP contribution in [-0.2, 0) is 9.53 Å². The van der Waals surface area contributed by atoms with E-state index in [0.29, 0.717) is 12.8 Å². The van der Waals surface area contributed by atoms with E-state index in [4.69, 9.17) is 14.7 Å². The molecular weight excluding hydrogens is 306 g/mol. The molecule has 0 radical (unpaired) electrons. The molecule has 0 aliphatic carbocycles. The van der Waals surface area contributed by atoms with E-state index in [9.17, 15) is 4.79 Å². The first-order valence-electron chi connectivity index (χ1n) is 8.01. The van der Waals surface area contributed by atoms with Crippen LogP contribution in [0.3, 0.4) is 0 Å². The van der Waals surface area contributed by atoms with E-state index < -0.39 is 0 Å². The molecule has 1 atom stereocenters. The zero-order chi connectivity index (χ0) is 17.2. The van der Waals surface area contributed by atoms with Gasteiger partial charge in [-0.25, -0.2) is 5.48 Å². The van der Waals surface area contributed by atoms with Crippen LogP contribution in [0.4, 0.5) is 0 Å². The number of hydrogen-bond acceptors (Lipinski definition) is 4. The quantitative estimate of drug-likeness (QED) is 0.410. The van der Waals surface area contributed by atoms with Gasteiger partial charge in [-0.15, -0.1) is 0 Å². The molecule has 1 amide bonds. The lowest BCUT2D eigenvalue weighted by atomic mass is 10.0. The minimum Gasteiger partial charge on any atom is -0.457 e. The predicted octanol–water partition coefficient (Wildman–Crippen LogP) is 4.23. The van der Waals surface area contributed by atoms with Crippen LogP contribution in [0.25, 0.3) is 0 Å². The maximum absolute atomic E-state index is 11.0. The van der Waals surface area contributed by atoms with Crippen molar-refractivity contribution >= 4 is 5.91 Å². The van der Waals surface area contributed by atoms with E-state index in [0.717, 1.165) is 29.9 Å². The highest BCUT2D eigenvalue weighted by Crippen LogP contribution is 2.27. The molecule has 0 aliphatic rings. The number of nitrogens with one attached hydrogen (secondary N) is 1. The van der Waals surface area contributed by atoms with Crippen LogP contribution in [0, 0.1) is 0 Å². The fourth-order valence-corrected chi connectivity index (χ4v) is 2.47. The minimum atomic E-state index is -0.355. The molecule has 5 heteroatoms. The van der Waals surface area contributed by atoms with Crippen molar-refractivity contribution in [2.24, 2.45) is 0 Å². The highest BCUT2D eigenvalue weighted by molar-refractivity contribution is 5.74. The van der Waals surface area contributed by atoms with E-state index in [1.54, 1.807) is 12.6 Å². The lowest BCUT2D eigenvalue weighted by molar-refractivity contribution is -0.129. The molecule has 1 unspecified atom stereocenters. The summed E-state index contributed by atoms with van der Waals surface area (Å²) in [6, 6.07) is 17.5. The highest BCUT2D eigenvalue weighted by atomic mass is 16.5. The van der Waals surface area contributed by atoms with Crippen molar-refractivity contribution in [3.05, 3.63) is 60.2 Å². The SMILES string of the molecule is COC(CCCCC(=O)NO)c1ccc(Oc2ccccc2)cc1. The summed E-state index contributed by atoms with van der Waals surface area (Å²) in [4.78, 5) is 11.0. The second-order valence-electron chi connectivity index (χ2n) is 5.49. The Morgan fingerprint density at radius 2 is 1.71 bits per heavy atom. The molecule has 0 heterocycles. The zero-order valence-electron chi connectivity index (χ0n) is 13.8. The van der Waals surface area contributed by atoms with Crippen LogP contribution in [-0.4, -0.2) is 18.2 Å². The smallest absolute Gasteiger partial charge is 0.243 e. The van der Waals surface area contributed by atoms with E-state index in [-0.39, 0.29) is 12.0 Å². The molecule has 2 aromatic rings. The normalized spacial score (nSPS) is 11.8. The number of amides is 1. The molecule has 5 nitrogen and oxygen atoms in total. The number of para-hydroxylation sites is 1. The van der Waals surface area contributed by atoms with Gasteiger partial charge >= 0.3 is 0 Å². The lowest BCUT2D eigenvalue weighted by Gasteiger charge is -2.16. The van der Waals surface area contributed by atoms with Crippen LogP contribution < -0.4 is 10.2 Å². The molecule has 0 bridgehead atoms. The second-order valence-corrected chi connectivity index (χ2v) is 5.49. The third kappa shape index (κ3) is 5.68. The standard InChI is InChI=1S/C19H23NO4/c1-23-18(9-5-6-10-19(21)20-22)15-11-13-17(14-12-15)24-16-7-3-2-4-8-16/h2-4,7-8,11-14,18,22H,5-6,9-10H2,1H3,(H,20,21). The highest BCUT2D eigenvalue weighted by Gasteiger charge is 2.11. The maximum atomic E-state index is 11.0. The van der Waals surface area contributed by atoms with Gasteiger partial charge in [0, 0.05) is 13.5 Å². The summed E-state index contributed by atoms with van der Waals surface area (Å²) in [5, 5.41) is 8.46. The number of rotatable bonds is 9. The topological polar surface area (TPSA) is 67.8 Å². The summed E-state index contributed by atoms with van der Waals surface area (Å²) in [6.45, 7) is 0. The molecular formula is C19H23NO4. The average molecular weight is 329 g/mol. The Morgan fingerprint density at radius 3 is 2.33 bits per heavy atom. The van der Waals surface area contributed by atoms with Crippen molar-refractivity contribution in [2.75, 3.05) is 7.11 Å². The van der Waals surface area contributed by atoms with E-state index in [1.807, 2.05) is 54.6 Å². The summed E-state index contributed by atoms with van der Waals surface area (Å²) in [5.74, 6) is 1.22. The molecule has 0 saturated heterocycles. The van der Waals surface area contributed by atoms with Gasteiger partial charge in [0.05, 0.1) is 6.10 Å². The first-order chi connectivity index (χ1) is 11.7. The van der Waals surface area contributed by atoms with Crippen molar-refractivity contribution in [1.29, 1.82) is 0 Å².